The summed E-state index contributed by atoms with van der Waals surface area (Å²) in [5.74, 6) is -0.553. The van der Waals surface area contributed by atoms with Gasteiger partial charge in [-0.05, 0) is 65.1 Å². The third-order valence-corrected chi connectivity index (χ3v) is 5.46. The minimum absolute atomic E-state index is 0.100. The van der Waals surface area contributed by atoms with E-state index in [9.17, 15) is 13.9 Å². The lowest BCUT2D eigenvalue weighted by atomic mass is 9.94. The van der Waals surface area contributed by atoms with Crippen LogP contribution in [0.25, 0.3) is 33.4 Å². The first-order chi connectivity index (χ1) is 16.5. The van der Waals surface area contributed by atoms with E-state index in [0.29, 0.717) is 11.1 Å². The molecule has 0 amide bonds. The Morgan fingerprint density at radius 1 is 0.500 bits per heavy atom. The van der Waals surface area contributed by atoms with E-state index in [4.69, 9.17) is 0 Å². The Hall–Kier alpha value is -4.24. The van der Waals surface area contributed by atoms with Crippen molar-refractivity contribution in [1.29, 1.82) is 0 Å². The molecule has 3 heteroatoms. The molecule has 0 saturated heterocycles. The van der Waals surface area contributed by atoms with Crippen LogP contribution in [0, 0.1) is 18.6 Å². The van der Waals surface area contributed by atoms with Crippen LogP contribution in [0.5, 0.6) is 5.75 Å². The fraction of sp³-hybridized carbons (Fsp3) is 0.0323. The molecule has 1 nitrogen and oxygen atoms in total. The second-order valence-corrected chi connectivity index (χ2v) is 7.95. The second-order valence-electron chi connectivity index (χ2n) is 7.95. The molecule has 0 spiro atoms. The third kappa shape index (κ3) is 5.57. The molecule has 0 aliphatic carbocycles. The van der Waals surface area contributed by atoms with Gasteiger partial charge in [-0.1, -0.05) is 96.6 Å². The standard InChI is InChI=1S/C18H12F2O.C13H12/c19-14-8-4-12(5-9-14)16-2-1-3-17(21)18(16)13-6-10-15(20)11-7-13;1-11-6-5-9-13(10-11)12-7-3-2-4-8-12/h1-11,21H;2-10H,1H3. The zero-order valence-electron chi connectivity index (χ0n) is 18.8. The summed E-state index contributed by atoms with van der Waals surface area (Å²) in [7, 11) is 0. The Kier molecular flexibility index (Phi) is 7.14. The highest BCUT2D eigenvalue weighted by atomic mass is 19.1. The first kappa shape index (κ1) is 22.9. The van der Waals surface area contributed by atoms with Gasteiger partial charge in [0.1, 0.15) is 17.4 Å². The highest BCUT2D eigenvalue weighted by molar-refractivity contribution is 5.87. The average Bonchev–Trinajstić information content (AvgIpc) is 2.86. The maximum absolute atomic E-state index is 13.1. The summed E-state index contributed by atoms with van der Waals surface area (Å²) in [5.41, 5.74) is 6.74. The van der Waals surface area contributed by atoms with E-state index in [1.807, 2.05) is 12.1 Å². The molecule has 34 heavy (non-hydrogen) atoms. The number of hydrogen-bond acceptors (Lipinski definition) is 1. The lowest BCUT2D eigenvalue weighted by Gasteiger charge is -2.12. The lowest BCUT2D eigenvalue weighted by molar-refractivity contribution is 0.477. The van der Waals surface area contributed by atoms with E-state index in [0.717, 1.165) is 11.1 Å². The SMILES string of the molecule is Cc1cccc(-c2ccccc2)c1.Oc1cccc(-c2ccc(F)cc2)c1-c1ccc(F)cc1. The van der Waals surface area contributed by atoms with Crippen LogP contribution in [0.1, 0.15) is 5.56 Å². The number of phenolic OH excluding ortho intramolecular Hbond substituents is 1. The van der Waals surface area contributed by atoms with Gasteiger partial charge in [0.25, 0.3) is 0 Å². The molecule has 0 unspecified atom stereocenters. The summed E-state index contributed by atoms with van der Waals surface area (Å²) in [5, 5.41) is 10.2. The maximum atomic E-state index is 13.1. The molecule has 0 heterocycles. The number of halogens is 2. The van der Waals surface area contributed by atoms with Crippen LogP contribution in [-0.4, -0.2) is 5.11 Å². The molecule has 5 rings (SSSR count). The van der Waals surface area contributed by atoms with Crippen LogP contribution in [0.15, 0.2) is 121 Å². The monoisotopic (exact) mass is 450 g/mol. The second kappa shape index (κ2) is 10.6. The van der Waals surface area contributed by atoms with Gasteiger partial charge in [-0.15, -0.1) is 0 Å². The largest absolute Gasteiger partial charge is 0.507 e. The van der Waals surface area contributed by atoms with Crippen molar-refractivity contribution in [3.63, 3.8) is 0 Å². The summed E-state index contributed by atoms with van der Waals surface area (Å²) < 4.78 is 26.1. The van der Waals surface area contributed by atoms with Crippen LogP contribution < -0.4 is 0 Å². The van der Waals surface area contributed by atoms with Gasteiger partial charge in [0, 0.05) is 5.56 Å². The first-order valence-electron chi connectivity index (χ1n) is 11.0. The van der Waals surface area contributed by atoms with Crippen molar-refractivity contribution in [2.24, 2.45) is 0 Å². The van der Waals surface area contributed by atoms with E-state index in [1.54, 1.807) is 36.4 Å². The summed E-state index contributed by atoms with van der Waals surface area (Å²) in [6.45, 7) is 2.12. The quantitative estimate of drug-likeness (QED) is 0.292. The van der Waals surface area contributed by atoms with E-state index in [2.05, 4.69) is 55.5 Å². The molecule has 5 aromatic carbocycles. The fourth-order valence-electron chi connectivity index (χ4n) is 3.79. The van der Waals surface area contributed by atoms with Gasteiger partial charge in [0.15, 0.2) is 0 Å². The van der Waals surface area contributed by atoms with Crippen molar-refractivity contribution in [2.45, 2.75) is 6.92 Å². The number of benzene rings is 5. The van der Waals surface area contributed by atoms with Gasteiger partial charge in [0.2, 0.25) is 0 Å². The van der Waals surface area contributed by atoms with Gasteiger partial charge in [-0.2, -0.15) is 0 Å². The van der Waals surface area contributed by atoms with Crippen LogP contribution >= 0.6 is 0 Å². The average molecular weight is 451 g/mol. The van der Waals surface area contributed by atoms with E-state index in [-0.39, 0.29) is 17.4 Å². The van der Waals surface area contributed by atoms with Crippen molar-refractivity contribution >= 4 is 0 Å². The molecule has 1 N–H and O–H groups in total. The third-order valence-electron chi connectivity index (χ3n) is 5.46. The molecule has 0 aliphatic rings. The number of phenols is 1. The Morgan fingerprint density at radius 3 is 1.68 bits per heavy atom. The van der Waals surface area contributed by atoms with Crippen LogP contribution in [-0.2, 0) is 0 Å². The maximum Gasteiger partial charge on any atom is 0.124 e. The predicted octanol–water partition coefficient (Wildman–Crippen LogP) is 8.67. The Balaban J connectivity index is 0.000000180. The van der Waals surface area contributed by atoms with Crippen LogP contribution in [0.2, 0.25) is 0 Å². The Labute approximate surface area is 198 Å². The van der Waals surface area contributed by atoms with Crippen molar-refractivity contribution in [3.05, 3.63) is 139 Å². The van der Waals surface area contributed by atoms with Gasteiger partial charge in [-0.3, -0.25) is 0 Å². The molecule has 0 fully saturated rings. The molecule has 0 radical (unpaired) electrons. The zero-order valence-corrected chi connectivity index (χ0v) is 18.8. The highest BCUT2D eigenvalue weighted by Crippen LogP contribution is 2.38. The zero-order chi connectivity index (χ0) is 23.9. The van der Waals surface area contributed by atoms with Gasteiger partial charge in [-0.25, -0.2) is 8.78 Å². The van der Waals surface area contributed by atoms with E-state index < -0.39 is 0 Å². The number of hydrogen-bond donors (Lipinski definition) is 1. The fourth-order valence-corrected chi connectivity index (χ4v) is 3.79. The minimum atomic E-state index is -0.336. The highest BCUT2D eigenvalue weighted by Gasteiger charge is 2.12. The molecule has 0 aromatic heterocycles. The molecule has 0 saturated carbocycles. The van der Waals surface area contributed by atoms with Crippen molar-refractivity contribution in [1.82, 2.24) is 0 Å². The lowest BCUT2D eigenvalue weighted by Crippen LogP contribution is -1.87. The summed E-state index contributed by atoms with van der Waals surface area (Å²) in [6, 6.07) is 36.1. The van der Waals surface area contributed by atoms with Gasteiger partial charge >= 0.3 is 0 Å². The normalized spacial score (nSPS) is 10.3. The first-order valence-corrected chi connectivity index (χ1v) is 11.0. The van der Waals surface area contributed by atoms with E-state index >= 15 is 0 Å². The summed E-state index contributed by atoms with van der Waals surface area (Å²) in [6.07, 6.45) is 0. The van der Waals surface area contributed by atoms with Crippen LogP contribution in [0.4, 0.5) is 8.78 Å². The number of rotatable bonds is 3. The molecule has 0 aliphatic heterocycles. The minimum Gasteiger partial charge on any atom is -0.507 e. The Morgan fingerprint density at radius 2 is 1.06 bits per heavy atom. The van der Waals surface area contributed by atoms with Gasteiger partial charge in [0.05, 0.1) is 0 Å². The van der Waals surface area contributed by atoms with Crippen molar-refractivity contribution in [3.8, 4) is 39.1 Å². The predicted molar refractivity (Wildman–Crippen MR) is 136 cm³/mol. The topological polar surface area (TPSA) is 20.2 Å². The molecule has 5 aromatic rings. The summed E-state index contributed by atoms with van der Waals surface area (Å²) >= 11 is 0. The smallest absolute Gasteiger partial charge is 0.124 e. The van der Waals surface area contributed by atoms with Crippen LogP contribution in [0.3, 0.4) is 0 Å². The van der Waals surface area contributed by atoms with Gasteiger partial charge < -0.3 is 5.11 Å². The Bertz CT molecular complexity index is 1360. The summed E-state index contributed by atoms with van der Waals surface area (Å²) in [4.78, 5) is 0. The number of aromatic hydroxyl groups is 1. The molecule has 0 bridgehead atoms. The number of aryl methyl sites for hydroxylation is 1. The molecule has 168 valence electrons. The van der Waals surface area contributed by atoms with E-state index in [1.165, 1.54) is 41.0 Å². The molecular weight excluding hydrogens is 426 g/mol. The molecular formula is C31H24F2O. The van der Waals surface area contributed by atoms with Crippen molar-refractivity contribution in [2.75, 3.05) is 0 Å². The molecule has 0 atom stereocenters. The van der Waals surface area contributed by atoms with Crippen molar-refractivity contribution < 1.29 is 13.9 Å².